The van der Waals surface area contributed by atoms with Crippen molar-refractivity contribution in [3.63, 3.8) is 0 Å². The minimum absolute atomic E-state index is 0.00869. The summed E-state index contributed by atoms with van der Waals surface area (Å²) < 4.78 is 25.8. The van der Waals surface area contributed by atoms with Crippen LogP contribution < -0.4 is 14.5 Å². The summed E-state index contributed by atoms with van der Waals surface area (Å²) in [5.74, 6) is 0.876. The van der Waals surface area contributed by atoms with Gasteiger partial charge < -0.3 is 24.2 Å². The Morgan fingerprint density at radius 1 is 1.05 bits per heavy atom. The Bertz CT molecular complexity index is 1490. The number of amides is 1. The molecule has 0 bridgehead atoms. The average molecular weight is 591 g/mol. The monoisotopic (exact) mass is 590 g/mol. The summed E-state index contributed by atoms with van der Waals surface area (Å²) in [4.78, 5) is 31.0. The van der Waals surface area contributed by atoms with Crippen molar-refractivity contribution in [2.24, 2.45) is 0 Å². The van der Waals surface area contributed by atoms with Gasteiger partial charge in [0.2, 0.25) is 0 Å². The molecule has 4 heterocycles. The average Bonchev–Trinajstić information content (AvgIpc) is 3.30. The molecule has 0 unspecified atom stereocenters. The van der Waals surface area contributed by atoms with E-state index in [1.165, 1.54) is 22.0 Å². The smallest absolute Gasteiger partial charge is 0.410 e. The van der Waals surface area contributed by atoms with E-state index in [-0.39, 0.29) is 12.1 Å². The van der Waals surface area contributed by atoms with Crippen molar-refractivity contribution in [2.75, 3.05) is 62.7 Å². The number of ether oxygens (including phenoxy) is 2. The maximum Gasteiger partial charge on any atom is 0.410 e. The third-order valence-corrected chi connectivity index (χ3v) is 8.62. The Balaban J connectivity index is 1.27. The zero-order valence-electron chi connectivity index (χ0n) is 26.0. The number of fused-ring (bicyclic) bond motifs is 2. The number of anilines is 2. The minimum Gasteiger partial charge on any atom is -0.462 e. The highest BCUT2D eigenvalue weighted by molar-refractivity contribution is 5.95. The topological polar surface area (TPSA) is 74.3 Å². The number of hydrogen-bond donors (Lipinski definition) is 0. The molecule has 2 saturated heterocycles. The first-order valence-electron chi connectivity index (χ1n) is 15.4. The molecule has 0 N–H and O–H groups in total. The number of piperazine rings is 1. The van der Waals surface area contributed by atoms with Crippen molar-refractivity contribution < 1.29 is 18.7 Å². The maximum absolute atomic E-state index is 14.0. The summed E-state index contributed by atoms with van der Waals surface area (Å²) in [6, 6.07) is 13.3. The summed E-state index contributed by atoms with van der Waals surface area (Å²) in [6.07, 6.45) is 0.134. The Morgan fingerprint density at radius 2 is 1.81 bits per heavy atom. The van der Waals surface area contributed by atoms with Crippen molar-refractivity contribution in [3.05, 3.63) is 53.2 Å². The molecule has 9 nitrogen and oxygen atoms in total. The summed E-state index contributed by atoms with van der Waals surface area (Å²) in [6.45, 7) is 12.4. The van der Waals surface area contributed by atoms with Gasteiger partial charge in [0.1, 0.15) is 24.2 Å². The molecule has 2 aromatic carbocycles. The van der Waals surface area contributed by atoms with E-state index in [1.54, 1.807) is 4.90 Å². The number of alkyl halides is 1. The number of likely N-dealkylation sites (N-methyl/N-ethyl adjacent to an activating group) is 1. The fourth-order valence-corrected chi connectivity index (χ4v) is 6.42. The number of rotatable bonds is 5. The van der Waals surface area contributed by atoms with E-state index in [9.17, 15) is 9.18 Å². The van der Waals surface area contributed by atoms with Crippen LogP contribution in [-0.4, -0.2) is 96.6 Å². The first-order valence-corrected chi connectivity index (χ1v) is 15.4. The third kappa shape index (κ3) is 6.49. The highest BCUT2D eigenvalue weighted by Gasteiger charge is 2.33. The molecule has 0 radical (unpaired) electrons. The van der Waals surface area contributed by atoms with E-state index in [4.69, 9.17) is 19.4 Å². The Kier molecular flexibility index (Phi) is 8.06. The number of hydrogen-bond acceptors (Lipinski definition) is 8. The van der Waals surface area contributed by atoms with Crippen molar-refractivity contribution in [3.8, 4) is 6.01 Å². The van der Waals surface area contributed by atoms with Gasteiger partial charge in [0.15, 0.2) is 0 Å². The summed E-state index contributed by atoms with van der Waals surface area (Å²) >= 11 is 0. The number of aromatic nitrogens is 2. The predicted octanol–water partition coefficient (Wildman–Crippen LogP) is 4.98. The van der Waals surface area contributed by atoms with Crippen LogP contribution in [0.3, 0.4) is 0 Å². The van der Waals surface area contributed by atoms with E-state index >= 15 is 0 Å². The van der Waals surface area contributed by atoms with E-state index < -0.39 is 11.8 Å². The molecule has 0 saturated carbocycles. The molecule has 10 heteroatoms. The summed E-state index contributed by atoms with van der Waals surface area (Å²) in [7, 11) is 1.93. The third-order valence-electron chi connectivity index (χ3n) is 8.62. The van der Waals surface area contributed by atoms with Crippen LogP contribution in [0.1, 0.15) is 44.0 Å². The largest absolute Gasteiger partial charge is 0.462 e. The normalized spacial score (nSPS) is 21.3. The van der Waals surface area contributed by atoms with Gasteiger partial charge in [0.25, 0.3) is 0 Å². The van der Waals surface area contributed by atoms with Gasteiger partial charge in [-0.2, -0.15) is 9.97 Å². The predicted molar refractivity (Wildman–Crippen MR) is 167 cm³/mol. The highest BCUT2D eigenvalue weighted by Crippen LogP contribution is 2.35. The van der Waals surface area contributed by atoms with Crippen LogP contribution in [0.2, 0.25) is 0 Å². The number of likely N-dealkylation sites (tertiary alicyclic amines) is 1. The maximum atomic E-state index is 14.0. The van der Waals surface area contributed by atoms with Gasteiger partial charge in [-0.25, -0.2) is 9.18 Å². The van der Waals surface area contributed by atoms with Gasteiger partial charge >= 0.3 is 12.1 Å². The second-order valence-electron chi connectivity index (χ2n) is 13.1. The van der Waals surface area contributed by atoms with Gasteiger partial charge in [0, 0.05) is 61.9 Å². The van der Waals surface area contributed by atoms with E-state index in [1.807, 2.05) is 32.7 Å². The van der Waals surface area contributed by atoms with Crippen LogP contribution in [0, 0.1) is 6.92 Å². The lowest BCUT2D eigenvalue weighted by Crippen LogP contribution is -2.50. The molecule has 230 valence electrons. The zero-order chi connectivity index (χ0) is 30.3. The quantitative estimate of drug-likeness (QED) is 0.412. The second-order valence-corrected chi connectivity index (χ2v) is 13.1. The van der Waals surface area contributed by atoms with Gasteiger partial charge in [-0.05, 0) is 64.6 Å². The van der Waals surface area contributed by atoms with Crippen molar-refractivity contribution in [1.29, 1.82) is 0 Å². The fraction of sp³-hybridized carbons (Fsp3) is 0.545. The molecule has 3 aliphatic heterocycles. The lowest BCUT2D eigenvalue weighted by molar-refractivity contribution is 0.0240. The van der Waals surface area contributed by atoms with Crippen molar-refractivity contribution >= 4 is 28.4 Å². The number of halogens is 1. The molecule has 0 aliphatic carbocycles. The number of aryl methyl sites for hydroxylation is 1. The van der Waals surface area contributed by atoms with Crippen LogP contribution in [-0.2, 0) is 17.7 Å². The van der Waals surface area contributed by atoms with Crippen LogP contribution in [0.15, 0.2) is 36.4 Å². The first-order chi connectivity index (χ1) is 20.5. The standard InChI is InChI=1S/C33H43FN6O3/c1-22-16-23-8-6-7-9-26(23)29(17-22)40-11-10-27-28(20-40)35-31(42-21-25-18-24(34)19-37(25)5)36-30(27)38-12-14-39(15-13-38)32(41)43-33(2,3)4/h6-9,16-17,24-25H,10-15,18-21H2,1-5H3/t24-,25+/m1/s1. The van der Waals surface area contributed by atoms with E-state index in [0.717, 1.165) is 30.0 Å². The molecule has 6 rings (SSSR count). The molecule has 2 atom stereocenters. The van der Waals surface area contributed by atoms with Gasteiger partial charge in [-0.3, -0.25) is 4.90 Å². The number of carbonyl (C=O) groups is 1. The molecule has 2 fully saturated rings. The number of carbonyl (C=O) groups excluding carboxylic acids is 1. The molecule has 3 aliphatic rings. The number of benzene rings is 2. The Hall–Kier alpha value is -3.66. The Morgan fingerprint density at radius 3 is 2.53 bits per heavy atom. The van der Waals surface area contributed by atoms with Crippen LogP contribution >= 0.6 is 0 Å². The highest BCUT2D eigenvalue weighted by atomic mass is 19.1. The van der Waals surface area contributed by atoms with E-state index in [2.05, 4.69) is 53.1 Å². The van der Waals surface area contributed by atoms with Crippen LogP contribution in [0.4, 0.5) is 20.7 Å². The fourth-order valence-electron chi connectivity index (χ4n) is 6.42. The van der Waals surface area contributed by atoms with Crippen molar-refractivity contribution in [1.82, 2.24) is 19.8 Å². The SMILES string of the molecule is Cc1cc(N2CCc3c(nc(OC[C@@H]4C[C@@H](F)CN4C)nc3N3CCN(C(=O)OC(C)(C)C)CC3)C2)c2ccccc2c1. The molecule has 1 aromatic heterocycles. The van der Waals surface area contributed by atoms with E-state index in [0.29, 0.717) is 58.3 Å². The molecule has 43 heavy (non-hydrogen) atoms. The number of nitrogens with zero attached hydrogens (tertiary/aromatic N) is 6. The Labute approximate surface area is 253 Å². The van der Waals surface area contributed by atoms with Crippen LogP contribution in [0.5, 0.6) is 6.01 Å². The zero-order valence-corrected chi connectivity index (χ0v) is 26.0. The summed E-state index contributed by atoms with van der Waals surface area (Å²) in [5, 5.41) is 2.45. The molecular weight excluding hydrogens is 547 g/mol. The van der Waals surface area contributed by atoms with Gasteiger partial charge in [0.05, 0.1) is 12.2 Å². The second kappa shape index (κ2) is 11.8. The minimum atomic E-state index is -0.836. The molecule has 0 spiro atoms. The first kappa shape index (κ1) is 29.4. The van der Waals surface area contributed by atoms with Crippen molar-refractivity contribution in [2.45, 2.75) is 64.9 Å². The molecule has 3 aromatic rings. The molecule has 1 amide bonds. The van der Waals surface area contributed by atoms with Gasteiger partial charge in [-0.15, -0.1) is 0 Å². The lowest BCUT2D eigenvalue weighted by Gasteiger charge is -2.38. The van der Waals surface area contributed by atoms with Gasteiger partial charge in [-0.1, -0.05) is 30.3 Å². The summed E-state index contributed by atoms with van der Waals surface area (Å²) in [5.41, 5.74) is 3.98. The van der Waals surface area contributed by atoms with Crippen LogP contribution in [0.25, 0.3) is 10.8 Å². The molecular formula is C33H43FN6O3. The lowest BCUT2D eigenvalue weighted by atomic mass is 10.0.